The predicted octanol–water partition coefficient (Wildman–Crippen LogP) is 3.60. The number of ether oxygens (including phenoxy) is 1. The van der Waals surface area contributed by atoms with Crippen LogP contribution in [0, 0.1) is 5.92 Å². The van der Waals surface area contributed by atoms with Crippen molar-refractivity contribution in [2.24, 2.45) is 5.92 Å². The monoisotopic (exact) mass is 426 g/mol. The lowest BCUT2D eigenvalue weighted by atomic mass is 9.85. The lowest BCUT2D eigenvalue weighted by Gasteiger charge is -2.20. The van der Waals surface area contributed by atoms with Gasteiger partial charge in [-0.05, 0) is 37.7 Å². The van der Waals surface area contributed by atoms with Crippen molar-refractivity contribution >= 4 is 56.4 Å². The van der Waals surface area contributed by atoms with Gasteiger partial charge in [0.1, 0.15) is 5.00 Å². The minimum atomic E-state index is -0.357. The fraction of sp³-hybridized carbons (Fsp3) is 0.529. The molecule has 0 spiro atoms. The van der Waals surface area contributed by atoms with Gasteiger partial charge in [0.25, 0.3) is 0 Å². The standard InChI is InChI=1S/C17H22N4O3S3/c1-3-9-5-6-10-11(7-9)26-14(13(10)15(23)24-4-2)19-12(22)8-25-17-21-20-16(18)27-17/h9H,3-8H2,1-2H3,(H2,18,20)(H,19,22)/t9-/m1/s1. The molecule has 0 saturated heterocycles. The smallest absolute Gasteiger partial charge is 0.341 e. The Morgan fingerprint density at radius 2 is 2.15 bits per heavy atom. The van der Waals surface area contributed by atoms with Crippen molar-refractivity contribution in [3.8, 4) is 0 Å². The van der Waals surface area contributed by atoms with Crippen LogP contribution in [0.1, 0.15) is 47.5 Å². The third-order valence-corrected chi connectivity index (χ3v) is 7.48. The maximum atomic E-state index is 12.5. The first-order valence-electron chi connectivity index (χ1n) is 8.85. The van der Waals surface area contributed by atoms with Crippen molar-refractivity contribution in [3.05, 3.63) is 16.0 Å². The van der Waals surface area contributed by atoms with E-state index in [0.29, 0.717) is 32.6 Å². The summed E-state index contributed by atoms with van der Waals surface area (Å²) in [6.07, 6.45) is 3.99. The van der Waals surface area contributed by atoms with E-state index in [0.717, 1.165) is 31.2 Å². The van der Waals surface area contributed by atoms with Gasteiger partial charge in [0.2, 0.25) is 11.0 Å². The number of thiophene rings is 1. The minimum absolute atomic E-state index is 0.178. The van der Waals surface area contributed by atoms with Crippen molar-refractivity contribution in [1.82, 2.24) is 10.2 Å². The summed E-state index contributed by atoms with van der Waals surface area (Å²) in [5.74, 6) is 0.264. The molecule has 7 nitrogen and oxygen atoms in total. The number of nitrogens with zero attached hydrogens (tertiary/aromatic N) is 2. The molecule has 0 aromatic carbocycles. The molecule has 3 N–H and O–H groups in total. The van der Waals surface area contributed by atoms with E-state index in [2.05, 4.69) is 22.4 Å². The third-order valence-electron chi connectivity index (χ3n) is 4.43. The number of carbonyl (C=O) groups is 2. The molecular weight excluding hydrogens is 404 g/mol. The van der Waals surface area contributed by atoms with Crippen molar-refractivity contribution < 1.29 is 14.3 Å². The van der Waals surface area contributed by atoms with Crippen molar-refractivity contribution in [1.29, 1.82) is 0 Å². The van der Waals surface area contributed by atoms with Crippen LogP contribution in [0.2, 0.25) is 0 Å². The van der Waals surface area contributed by atoms with Gasteiger partial charge in [0.05, 0.1) is 17.9 Å². The molecule has 3 rings (SSSR count). The van der Waals surface area contributed by atoms with Gasteiger partial charge in [-0.25, -0.2) is 4.79 Å². The molecule has 146 valence electrons. The van der Waals surface area contributed by atoms with E-state index >= 15 is 0 Å². The molecule has 0 fully saturated rings. The molecular formula is C17H22N4O3S3. The highest BCUT2D eigenvalue weighted by Gasteiger charge is 2.29. The summed E-state index contributed by atoms with van der Waals surface area (Å²) >= 11 is 4.02. The van der Waals surface area contributed by atoms with E-state index in [9.17, 15) is 9.59 Å². The number of esters is 1. The Morgan fingerprint density at radius 1 is 1.33 bits per heavy atom. The van der Waals surface area contributed by atoms with E-state index in [-0.39, 0.29) is 17.6 Å². The Kier molecular flexibility index (Phi) is 6.72. The van der Waals surface area contributed by atoms with Crippen molar-refractivity contribution in [2.75, 3.05) is 23.4 Å². The maximum Gasteiger partial charge on any atom is 0.341 e. The van der Waals surface area contributed by atoms with Crippen molar-refractivity contribution in [2.45, 2.75) is 43.9 Å². The molecule has 1 aliphatic carbocycles. The SMILES string of the molecule is CCOC(=O)c1c(NC(=O)CSc2nnc(N)s2)sc2c1CC[C@@H](CC)C2. The number of rotatable bonds is 7. The first-order chi connectivity index (χ1) is 13.0. The number of hydrogen-bond acceptors (Lipinski definition) is 9. The second-order valence-electron chi connectivity index (χ2n) is 6.19. The Morgan fingerprint density at radius 3 is 2.81 bits per heavy atom. The van der Waals surface area contributed by atoms with E-state index in [1.54, 1.807) is 6.92 Å². The molecule has 0 saturated carbocycles. The summed E-state index contributed by atoms with van der Waals surface area (Å²) in [7, 11) is 0. The molecule has 2 heterocycles. The summed E-state index contributed by atoms with van der Waals surface area (Å²) in [6, 6.07) is 0. The third kappa shape index (κ3) is 4.80. The van der Waals surface area contributed by atoms with Crippen LogP contribution in [0.5, 0.6) is 0 Å². The number of nitrogens with one attached hydrogen (secondary N) is 1. The molecule has 1 atom stereocenters. The Bertz CT molecular complexity index is 834. The fourth-order valence-electron chi connectivity index (χ4n) is 3.08. The van der Waals surface area contributed by atoms with Gasteiger partial charge in [0.15, 0.2) is 4.34 Å². The van der Waals surface area contributed by atoms with Crippen LogP contribution in [0.15, 0.2) is 4.34 Å². The highest BCUT2D eigenvalue weighted by atomic mass is 32.2. The number of carbonyl (C=O) groups excluding carboxylic acids is 2. The van der Waals surface area contributed by atoms with Gasteiger partial charge >= 0.3 is 5.97 Å². The van der Waals surface area contributed by atoms with Crippen LogP contribution in [0.25, 0.3) is 0 Å². The molecule has 2 aromatic heterocycles. The second kappa shape index (κ2) is 9.03. The lowest BCUT2D eigenvalue weighted by Crippen LogP contribution is -2.18. The van der Waals surface area contributed by atoms with Crippen LogP contribution >= 0.6 is 34.4 Å². The maximum absolute atomic E-state index is 12.5. The Labute approximate surface area is 170 Å². The molecule has 10 heteroatoms. The predicted molar refractivity (Wildman–Crippen MR) is 110 cm³/mol. The van der Waals surface area contributed by atoms with Gasteiger partial charge in [-0.2, -0.15) is 0 Å². The first-order valence-corrected chi connectivity index (χ1v) is 11.5. The number of anilines is 2. The zero-order valence-electron chi connectivity index (χ0n) is 15.2. The summed E-state index contributed by atoms with van der Waals surface area (Å²) in [4.78, 5) is 26.1. The molecule has 0 radical (unpaired) electrons. The van der Waals surface area contributed by atoms with Gasteiger partial charge < -0.3 is 15.8 Å². The van der Waals surface area contributed by atoms with E-state index in [4.69, 9.17) is 10.5 Å². The summed E-state index contributed by atoms with van der Waals surface area (Å²) in [5, 5.41) is 11.5. The van der Waals surface area contributed by atoms with Gasteiger partial charge in [-0.15, -0.1) is 21.5 Å². The summed E-state index contributed by atoms with van der Waals surface area (Å²) in [6.45, 7) is 4.28. The fourth-order valence-corrected chi connectivity index (χ4v) is 5.88. The average Bonchev–Trinajstić information content (AvgIpc) is 3.22. The highest BCUT2D eigenvalue weighted by Crippen LogP contribution is 2.41. The number of amides is 1. The molecule has 2 aromatic rings. The molecule has 27 heavy (non-hydrogen) atoms. The number of thioether (sulfide) groups is 1. The quantitative estimate of drug-likeness (QED) is 0.514. The number of nitrogens with two attached hydrogens (primary N) is 1. The molecule has 0 bridgehead atoms. The molecule has 0 unspecified atom stereocenters. The topological polar surface area (TPSA) is 107 Å². The second-order valence-corrected chi connectivity index (χ2v) is 9.53. The van der Waals surface area contributed by atoms with Gasteiger partial charge in [-0.1, -0.05) is 36.4 Å². The van der Waals surface area contributed by atoms with Crippen LogP contribution in [-0.4, -0.2) is 34.4 Å². The number of nitrogen functional groups attached to an aromatic ring is 1. The van der Waals surface area contributed by atoms with E-state index in [1.165, 1.54) is 39.3 Å². The van der Waals surface area contributed by atoms with Crippen LogP contribution in [0.4, 0.5) is 10.1 Å². The summed E-state index contributed by atoms with van der Waals surface area (Å²) in [5.41, 5.74) is 7.13. The first kappa shape index (κ1) is 20.1. The number of fused-ring (bicyclic) bond motifs is 1. The molecule has 0 aliphatic heterocycles. The largest absolute Gasteiger partial charge is 0.462 e. The zero-order valence-corrected chi connectivity index (χ0v) is 17.7. The average molecular weight is 427 g/mol. The normalized spacial score (nSPS) is 16.0. The number of hydrogen-bond donors (Lipinski definition) is 2. The summed E-state index contributed by atoms with van der Waals surface area (Å²) < 4.78 is 5.88. The van der Waals surface area contributed by atoms with E-state index < -0.39 is 0 Å². The van der Waals surface area contributed by atoms with Crippen LogP contribution in [0.3, 0.4) is 0 Å². The van der Waals surface area contributed by atoms with Gasteiger partial charge in [0, 0.05) is 4.88 Å². The zero-order chi connectivity index (χ0) is 19.4. The number of aromatic nitrogens is 2. The lowest BCUT2D eigenvalue weighted by molar-refractivity contribution is -0.113. The Balaban J connectivity index is 1.75. The Hall–Kier alpha value is -1.65. The molecule has 1 amide bonds. The minimum Gasteiger partial charge on any atom is -0.462 e. The molecule has 1 aliphatic rings. The highest BCUT2D eigenvalue weighted by molar-refractivity contribution is 8.01. The van der Waals surface area contributed by atoms with Crippen LogP contribution < -0.4 is 11.1 Å². The van der Waals surface area contributed by atoms with Gasteiger partial charge in [-0.3, -0.25) is 4.79 Å². The van der Waals surface area contributed by atoms with Crippen LogP contribution in [-0.2, 0) is 22.4 Å². The van der Waals surface area contributed by atoms with E-state index in [1.807, 2.05) is 0 Å². The van der Waals surface area contributed by atoms with Crippen molar-refractivity contribution in [3.63, 3.8) is 0 Å².